The number of carbonyl (C=O) groups excluding carboxylic acids is 1. The number of hydrogen-bond acceptors (Lipinski definition) is 3. The van der Waals surface area contributed by atoms with Gasteiger partial charge in [-0.1, -0.05) is 27.2 Å². The molecular weight excluding hydrogens is 204 g/mol. The summed E-state index contributed by atoms with van der Waals surface area (Å²) in [6.45, 7) is 7.99. The van der Waals surface area contributed by atoms with Crippen LogP contribution in [0.4, 0.5) is 0 Å². The molecule has 4 atom stereocenters. The lowest BCUT2D eigenvalue weighted by atomic mass is 9.75. The van der Waals surface area contributed by atoms with Crippen LogP contribution in [-0.4, -0.2) is 23.3 Å². The van der Waals surface area contributed by atoms with Gasteiger partial charge in [0.25, 0.3) is 0 Å². The van der Waals surface area contributed by atoms with E-state index in [1.54, 1.807) is 0 Å². The summed E-state index contributed by atoms with van der Waals surface area (Å²) in [5.41, 5.74) is 0. The highest BCUT2D eigenvalue weighted by atomic mass is 16.6. The van der Waals surface area contributed by atoms with Crippen LogP contribution in [0.1, 0.15) is 47.0 Å². The van der Waals surface area contributed by atoms with E-state index in [-0.39, 0.29) is 6.10 Å². The van der Waals surface area contributed by atoms with E-state index in [4.69, 9.17) is 9.84 Å². The van der Waals surface area contributed by atoms with Gasteiger partial charge in [0.2, 0.25) is 0 Å². The Morgan fingerprint density at radius 2 is 1.94 bits per heavy atom. The topological polar surface area (TPSA) is 46.5 Å². The van der Waals surface area contributed by atoms with Gasteiger partial charge in [-0.2, -0.15) is 0 Å². The van der Waals surface area contributed by atoms with Crippen LogP contribution in [0.3, 0.4) is 0 Å². The van der Waals surface area contributed by atoms with Crippen LogP contribution in [-0.2, 0) is 9.53 Å². The maximum Gasteiger partial charge on any atom is 0.334 e. The molecule has 0 amide bonds. The molecule has 1 saturated carbocycles. The highest BCUT2D eigenvalue weighted by Gasteiger charge is 2.33. The molecule has 0 bridgehead atoms. The second-order valence-electron chi connectivity index (χ2n) is 5.48. The molecule has 0 radical (unpaired) electrons. The number of ether oxygens (including phenoxy) is 1. The molecule has 94 valence electrons. The van der Waals surface area contributed by atoms with Crippen molar-refractivity contribution in [2.75, 3.05) is 0 Å². The second-order valence-corrected chi connectivity index (χ2v) is 5.48. The van der Waals surface area contributed by atoms with E-state index >= 15 is 0 Å². The minimum atomic E-state index is -1.01. The fourth-order valence-electron chi connectivity index (χ4n) is 2.50. The molecule has 0 aromatic carbocycles. The molecule has 0 heterocycles. The summed E-state index contributed by atoms with van der Waals surface area (Å²) in [5.74, 6) is 1.10. The van der Waals surface area contributed by atoms with Crippen LogP contribution in [0.25, 0.3) is 0 Å². The normalized spacial score (nSPS) is 32.5. The SMILES string of the molecule is CC(O)C(=O)O[C@@H]1C[C@H](C)CC[C@@H]1C(C)C. The van der Waals surface area contributed by atoms with Crippen molar-refractivity contribution in [2.45, 2.75) is 59.2 Å². The van der Waals surface area contributed by atoms with Gasteiger partial charge in [0.1, 0.15) is 12.2 Å². The fourth-order valence-corrected chi connectivity index (χ4v) is 2.50. The maximum atomic E-state index is 11.4. The summed E-state index contributed by atoms with van der Waals surface area (Å²) in [7, 11) is 0. The third-order valence-corrected chi connectivity index (χ3v) is 3.57. The van der Waals surface area contributed by atoms with Crippen LogP contribution < -0.4 is 0 Å². The molecule has 16 heavy (non-hydrogen) atoms. The van der Waals surface area contributed by atoms with Gasteiger partial charge >= 0.3 is 5.97 Å². The Morgan fingerprint density at radius 3 is 2.44 bits per heavy atom. The van der Waals surface area contributed by atoms with Gasteiger partial charge in [-0.15, -0.1) is 0 Å². The van der Waals surface area contributed by atoms with Gasteiger partial charge in [0.15, 0.2) is 0 Å². The lowest BCUT2D eigenvalue weighted by molar-refractivity contribution is -0.164. The van der Waals surface area contributed by atoms with Crippen molar-refractivity contribution >= 4 is 5.97 Å². The number of esters is 1. The van der Waals surface area contributed by atoms with E-state index < -0.39 is 12.1 Å². The maximum absolute atomic E-state index is 11.4. The Labute approximate surface area is 98.2 Å². The molecular formula is C13H24O3. The summed E-state index contributed by atoms with van der Waals surface area (Å²) in [4.78, 5) is 11.4. The zero-order valence-electron chi connectivity index (χ0n) is 10.8. The molecule has 1 aliphatic carbocycles. The van der Waals surface area contributed by atoms with Crippen molar-refractivity contribution in [3.63, 3.8) is 0 Å². The summed E-state index contributed by atoms with van der Waals surface area (Å²) in [5, 5.41) is 9.17. The van der Waals surface area contributed by atoms with E-state index in [2.05, 4.69) is 20.8 Å². The Bertz CT molecular complexity index is 235. The standard InChI is InChI=1S/C13H24O3/c1-8(2)11-6-5-9(3)7-12(11)16-13(15)10(4)14/h8-12,14H,5-7H2,1-4H3/t9-,10?,11-,12-/m1/s1. The third kappa shape index (κ3) is 3.48. The van der Waals surface area contributed by atoms with E-state index in [1.165, 1.54) is 13.3 Å². The number of hydrogen-bond donors (Lipinski definition) is 1. The molecule has 3 nitrogen and oxygen atoms in total. The first kappa shape index (κ1) is 13.5. The average molecular weight is 228 g/mol. The van der Waals surface area contributed by atoms with Crippen molar-refractivity contribution in [2.24, 2.45) is 17.8 Å². The number of aliphatic hydroxyl groups is 1. The Balaban J connectivity index is 2.61. The minimum absolute atomic E-state index is 0.00847. The van der Waals surface area contributed by atoms with Crippen molar-refractivity contribution in [3.05, 3.63) is 0 Å². The lowest BCUT2D eigenvalue weighted by Gasteiger charge is -2.36. The van der Waals surface area contributed by atoms with Crippen LogP contribution in [0, 0.1) is 17.8 Å². The molecule has 1 fully saturated rings. The monoisotopic (exact) mass is 228 g/mol. The predicted octanol–water partition coefficient (Wildman–Crippen LogP) is 2.37. The third-order valence-electron chi connectivity index (χ3n) is 3.57. The molecule has 3 heteroatoms. The predicted molar refractivity (Wildman–Crippen MR) is 62.9 cm³/mol. The van der Waals surface area contributed by atoms with E-state index in [1.807, 2.05) is 0 Å². The molecule has 0 aromatic rings. The molecule has 0 aliphatic heterocycles. The van der Waals surface area contributed by atoms with E-state index in [0.29, 0.717) is 17.8 Å². The second kappa shape index (κ2) is 5.67. The highest BCUT2D eigenvalue weighted by molar-refractivity contribution is 5.74. The van der Waals surface area contributed by atoms with E-state index in [9.17, 15) is 4.79 Å². The molecule has 1 unspecified atom stereocenters. The quantitative estimate of drug-likeness (QED) is 0.754. The Morgan fingerprint density at radius 1 is 1.31 bits per heavy atom. The number of rotatable bonds is 3. The smallest absolute Gasteiger partial charge is 0.334 e. The van der Waals surface area contributed by atoms with Crippen LogP contribution in [0.15, 0.2) is 0 Å². The van der Waals surface area contributed by atoms with Gasteiger partial charge in [0, 0.05) is 0 Å². The van der Waals surface area contributed by atoms with Crippen molar-refractivity contribution in [1.82, 2.24) is 0 Å². The van der Waals surface area contributed by atoms with Crippen molar-refractivity contribution < 1.29 is 14.6 Å². The van der Waals surface area contributed by atoms with Gasteiger partial charge < -0.3 is 9.84 Å². The van der Waals surface area contributed by atoms with Crippen molar-refractivity contribution in [3.8, 4) is 0 Å². The first-order valence-electron chi connectivity index (χ1n) is 6.30. The lowest BCUT2D eigenvalue weighted by Crippen LogP contribution is -2.37. The first-order valence-corrected chi connectivity index (χ1v) is 6.30. The Hall–Kier alpha value is -0.570. The van der Waals surface area contributed by atoms with Crippen LogP contribution in [0.5, 0.6) is 0 Å². The largest absolute Gasteiger partial charge is 0.460 e. The van der Waals surface area contributed by atoms with Crippen LogP contribution in [0.2, 0.25) is 0 Å². The molecule has 1 rings (SSSR count). The summed E-state index contributed by atoms with van der Waals surface area (Å²) in [6, 6.07) is 0. The molecule has 0 saturated heterocycles. The number of carbonyl (C=O) groups is 1. The summed E-state index contributed by atoms with van der Waals surface area (Å²) >= 11 is 0. The first-order chi connectivity index (χ1) is 7.41. The highest BCUT2D eigenvalue weighted by Crippen LogP contribution is 2.35. The van der Waals surface area contributed by atoms with Gasteiger partial charge in [-0.05, 0) is 37.5 Å². The summed E-state index contributed by atoms with van der Waals surface area (Å²) < 4.78 is 5.41. The number of aliphatic hydroxyl groups excluding tert-OH is 1. The van der Waals surface area contributed by atoms with Gasteiger partial charge in [-0.25, -0.2) is 4.79 Å². The molecule has 1 N–H and O–H groups in total. The Kier molecular flexibility index (Phi) is 4.78. The molecule has 1 aliphatic rings. The average Bonchev–Trinajstić information content (AvgIpc) is 2.16. The summed E-state index contributed by atoms with van der Waals surface area (Å²) in [6.07, 6.45) is 2.25. The zero-order valence-corrected chi connectivity index (χ0v) is 10.8. The molecule has 0 aromatic heterocycles. The zero-order chi connectivity index (χ0) is 12.3. The van der Waals surface area contributed by atoms with Gasteiger partial charge in [0.05, 0.1) is 0 Å². The van der Waals surface area contributed by atoms with Gasteiger partial charge in [-0.3, -0.25) is 0 Å². The van der Waals surface area contributed by atoms with Crippen molar-refractivity contribution in [1.29, 1.82) is 0 Å². The minimum Gasteiger partial charge on any atom is -0.460 e. The van der Waals surface area contributed by atoms with Crippen LogP contribution >= 0.6 is 0 Å². The van der Waals surface area contributed by atoms with E-state index in [0.717, 1.165) is 12.8 Å². The fraction of sp³-hybridized carbons (Fsp3) is 0.923. The molecule has 0 spiro atoms.